The number of carboxylic acids is 1. The maximum absolute atomic E-state index is 11.1. The molecule has 1 spiro atoms. The van der Waals surface area contributed by atoms with Crippen LogP contribution in [0.2, 0.25) is 0 Å². The smallest absolute Gasteiger partial charge is 0.354 e. The van der Waals surface area contributed by atoms with Crippen LogP contribution in [0.25, 0.3) is 0 Å². The number of carbonyl (C=O) groups is 2. The zero-order valence-electron chi connectivity index (χ0n) is 10.8. The minimum absolute atomic E-state index is 0.0290. The van der Waals surface area contributed by atoms with Gasteiger partial charge < -0.3 is 20.1 Å². The van der Waals surface area contributed by atoms with Gasteiger partial charge in [-0.3, -0.25) is 4.79 Å². The number of morpholine rings is 1. The van der Waals surface area contributed by atoms with Crippen LogP contribution in [-0.4, -0.2) is 53.8 Å². The molecule has 0 aliphatic carbocycles. The second kappa shape index (κ2) is 4.75. The summed E-state index contributed by atoms with van der Waals surface area (Å²) in [6.45, 7) is 1.90. The topological polar surface area (TPSA) is 91.8 Å². The maximum atomic E-state index is 11.1. The number of amides is 1. The molecule has 1 amide bonds. The molecule has 106 valence electrons. The van der Waals surface area contributed by atoms with Gasteiger partial charge in [-0.2, -0.15) is 0 Å². The number of hydrogen-bond donors (Lipinski definition) is 2. The lowest BCUT2D eigenvalue weighted by molar-refractivity contribution is -0.141. The Morgan fingerprint density at radius 1 is 1.50 bits per heavy atom. The first-order valence-corrected chi connectivity index (χ1v) is 6.44. The maximum Gasteiger partial charge on any atom is 0.354 e. The highest BCUT2D eigenvalue weighted by atomic mass is 16.5. The molecule has 1 aromatic heterocycles. The lowest BCUT2D eigenvalue weighted by Crippen LogP contribution is -2.53. The van der Waals surface area contributed by atoms with Crippen LogP contribution >= 0.6 is 0 Å². The summed E-state index contributed by atoms with van der Waals surface area (Å²) in [5, 5.41) is 11.8. The van der Waals surface area contributed by atoms with Crippen molar-refractivity contribution < 1.29 is 19.4 Å². The van der Waals surface area contributed by atoms with Crippen LogP contribution in [-0.2, 0) is 9.53 Å². The molecule has 20 heavy (non-hydrogen) atoms. The molecule has 1 atom stereocenters. The number of nitrogens with one attached hydrogen (secondary N) is 1. The Morgan fingerprint density at radius 2 is 2.35 bits per heavy atom. The van der Waals surface area contributed by atoms with Crippen molar-refractivity contribution in [3.05, 3.63) is 23.9 Å². The summed E-state index contributed by atoms with van der Waals surface area (Å²) >= 11 is 0. The number of ether oxygens (including phenoxy) is 1. The van der Waals surface area contributed by atoms with Crippen molar-refractivity contribution in [1.29, 1.82) is 0 Å². The van der Waals surface area contributed by atoms with Crippen molar-refractivity contribution in [2.24, 2.45) is 0 Å². The Hall–Kier alpha value is -2.15. The van der Waals surface area contributed by atoms with E-state index in [0.29, 0.717) is 18.9 Å². The van der Waals surface area contributed by atoms with Crippen molar-refractivity contribution in [3.8, 4) is 0 Å². The molecule has 2 N–H and O–H groups in total. The molecule has 1 aromatic rings. The first-order valence-electron chi connectivity index (χ1n) is 6.44. The molecule has 2 aliphatic heterocycles. The van der Waals surface area contributed by atoms with E-state index in [1.54, 1.807) is 12.1 Å². The number of carboxylic acid groups (broad SMARTS) is 1. The molecule has 0 saturated carbocycles. The summed E-state index contributed by atoms with van der Waals surface area (Å²) in [4.78, 5) is 28.2. The van der Waals surface area contributed by atoms with Gasteiger partial charge in [-0.25, -0.2) is 9.78 Å². The van der Waals surface area contributed by atoms with Crippen LogP contribution in [0.5, 0.6) is 0 Å². The van der Waals surface area contributed by atoms with E-state index in [1.165, 1.54) is 6.07 Å². The van der Waals surface area contributed by atoms with E-state index < -0.39 is 5.97 Å². The number of aromatic nitrogens is 1. The predicted molar refractivity (Wildman–Crippen MR) is 69.7 cm³/mol. The normalized spacial score (nSPS) is 25.8. The van der Waals surface area contributed by atoms with Crippen molar-refractivity contribution in [3.63, 3.8) is 0 Å². The Morgan fingerprint density at radius 3 is 3.05 bits per heavy atom. The molecule has 2 fully saturated rings. The molecule has 3 heterocycles. The van der Waals surface area contributed by atoms with Gasteiger partial charge >= 0.3 is 5.97 Å². The van der Waals surface area contributed by atoms with E-state index in [-0.39, 0.29) is 23.8 Å². The molecule has 2 aliphatic rings. The molecule has 3 rings (SSSR count). The van der Waals surface area contributed by atoms with Crippen molar-refractivity contribution in [1.82, 2.24) is 10.3 Å². The molecule has 0 bridgehead atoms. The fraction of sp³-hybridized carbons (Fsp3) is 0.462. The summed E-state index contributed by atoms with van der Waals surface area (Å²) in [5.74, 6) is -0.510. The third-order valence-corrected chi connectivity index (χ3v) is 3.71. The zero-order valence-corrected chi connectivity index (χ0v) is 10.8. The van der Waals surface area contributed by atoms with E-state index in [0.717, 1.165) is 13.0 Å². The third-order valence-electron chi connectivity index (χ3n) is 3.71. The first-order chi connectivity index (χ1) is 9.58. The SMILES string of the molecule is O=C1COC2(CCN(c3cccc(C(=O)O)n3)C2)CN1. The largest absolute Gasteiger partial charge is 0.477 e. The summed E-state index contributed by atoms with van der Waals surface area (Å²) < 4.78 is 5.67. The predicted octanol–water partition coefficient (Wildman–Crippen LogP) is -0.125. The molecular formula is C13H15N3O4. The second-order valence-corrected chi connectivity index (χ2v) is 5.11. The van der Waals surface area contributed by atoms with Crippen LogP contribution in [0.3, 0.4) is 0 Å². The number of rotatable bonds is 2. The number of anilines is 1. The van der Waals surface area contributed by atoms with Gasteiger partial charge in [-0.15, -0.1) is 0 Å². The van der Waals surface area contributed by atoms with Gasteiger partial charge in [0.05, 0.1) is 6.54 Å². The van der Waals surface area contributed by atoms with Crippen molar-refractivity contribution in [2.45, 2.75) is 12.0 Å². The van der Waals surface area contributed by atoms with Gasteiger partial charge in [0.2, 0.25) is 5.91 Å². The summed E-state index contributed by atoms with van der Waals surface area (Å²) in [5.41, 5.74) is -0.351. The van der Waals surface area contributed by atoms with Crippen LogP contribution in [0.1, 0.15) is 16.9 Å². The van der Waals surface area contributed by atoms with Crippen LogP contribution in [0.4, 0.5) is 5.82 Å². The van der Waals surface area contributed by atoms with Crippen LogP contribution in [0.15, 0.2) is 18.2 Å². The molecule has 0 aromatic carbocycles. The Bertz CT molecular complexity index is 550. The Kier molecular flexibility index (Phi) is 3.06. The molecular weight excluding hydrogens is 262 g/mol. The lowest BCUT2D eigenvalue weighted by atomic mass is 10.0. The van der Waals surface area contributed by atoms with Gasteiger partial charge in [0.1, 0.15) is 18.0 Å². The molecule has 1 unspecified atom stereocenters. The lowest BCUT2D eigenvalue weighted by Gasteiger charge is -2.33. The minimum atomic E-state index is -1.04. The first kappa shape index (κ1) is 12.9. The molecule has 7 nitrogen and oxygen atoms in total. The van der Waals surface area contributed by atoms with E-state index in [1.807, 2.05) is 4.90 Å². The van der Waals surface area contributed by atoms with Gasteiger partial charge in [0, 0.05) is 13.1 Å². The van der Waals surface area contributed by atoms with Gasteiger partial charge in [-0.05, 0) is 18.6 Å². The highest BCUT2D eigenvalue weighted by molar-refractivity contribution is 5.85. The number of pyridine rings is 1. The molecule has 7 heteroatoms. The van der Waals surface area contributed by atoms with E-state index in [2.05, 4.69) is 10.3 Å². The summed E-state index contributed by atoms with van der Waals surface area (Å²) in [7, 11) is 0. The Labute approximate surface area is 115 Å². The van der Waals surface area contributed by atoms with Crippen molar-refractivity contribution >= 4 is 17.7 Å². The minimum Gasteiger partial charge on any atom is -0.477 e. The molecule has 0 radical (unpaired) electrons. The van der Waals surface area contributed by atoms with Crippen LogP contribution < -0.4 is 10.2 Å². The van der Waals surface area contributed by atoms with Gasteiger partial charge in [0.15, 0.2) is 5.69 Å². The third kappa shape index (κ3) is 2.32. The average molecular weight is 277 g/mol. The number of nitrogens with zero attached hydrogens (tertiary/aromatic N) is 2. The fourth-order valence-electron chi connectivity index (χ4n) is 2.60. The molecule has 2 saturated heterocycles. The fourth-order valence-corrected chi connectivity index (χ4v) is 2.60. The number of carbonyl (C=O) groups excluding carboxylic acids is 1. The van der Waals surface area contributed by atoms with Crippen molar-refractivity contribution in [2.75, 3.05) is 31.1 Å². The average Bonchev–Trinajstić information content (AvgIpc) is 2.87. The van der Waals surface area contributed by atoms with Gasteiger partial charge in [0.25, 0.3) is 0 Å². The second-order valence-electron chi connectivity index (χ2n) is 5.11. The summed E-state index contributed by atoms with van der Waals surface area (Å²) in [6.07, 6.45) is 0.784. The highest BCUT2D eigenvalue weighted by Crippen LogP contribution is 2.29. The van der Waals surface area contributed by atoms with Gasteiger partial charge in [-0.1, -0.05) is 6.07 Å². The van der Waals surface area contributed by atoms with E-state index >= 15 is 0 Å². The Balaban J connectivity index is 1.75. The number of hydrogen-bond acceptors (Lipinski definition) is 5. The highest BCUT2D eigenvalue weighted by Gasteiger charge is 2.42. The van der Waals surface area contributed by atoms with Crippen LogP contribution in [0, 0.1) is 0 Å². The quantitative estimate of drug-likeness (QED) is 0.782. The van der Waals surface area contributed by atoms with E-state index in [4.69, 9.17) is 9.84 Å². The van der Waals surface area contributed by atoms with E-state index in [9.17, 15) is 9.59 Å². The monoisotopic (exact) mass is 277 g/mol. The standard InChI is InChI=1S/C13H15N3O4/c17-11-6-20-13(7-14-11)4-5-16(8-13)10-3-1-2-9(15-10)12(18)19/h1-3H,4-8H2,(H,14,17)(H,18,19). The zero-order chi connectivity index (χ0) is 14.2. The summed E-state index contributed by atoms with van der Waals surface area (Å²) in [6, 6.07) is 4.93. The number of aromatic carboxylic acids is 1.